The number of nitrogens with one attached hydrogen (secondary N) is 2. The van der Waals surface area contributed by atoms with Gasteiger partial charge in [-0.2, -0.15) is 4.99 Å². The maximum Gasteiger partial charge on any atom is 0.262 e. The molecule has 7 nitrogen and oxygen atoms in total. The molecule has 3 rings (SSSR count). The van der Waals surface area contributed by atoms with Gasteiger partial charge in [-0.3, -0.25) is 14.4 Å². The highest BCUT2D eigenvalue weighted by Crippen LogP contribution is 2.27. The van der Waals surface area contributed by atoms with E-state index in [0.717, 1.165) is 12.1 Å². The molecule has 0 saturated heterocycles. The van der Waals surface area contributed by atoms with Crippen molar-refractivity contribution in [3.8, 4) is 0 Å². The van der Waals surface area contributed by atoms with Gasteiger partial charge in [-0.1, -0.05) is 17.8 Å². The minimum atomic E-state index is -1.07. The van der Waals surface area contributed by atoms with Crippen LogP contribution in [-0.4, -0.2) is 46.1 Å². The zero-order chi connectivity index (χ0) is 23.3. The van der Waals surface area contributed by atoms with E-state index in [0.29, 0.717) is 23.9 Å². The molecule has 0 radical (unpaired) electrons. The Hall–Kier alpha value is -3.27. The second-order valence-electron chi connectivity index (χ2n) is 6.93. The molecule has 0 aromatic heterocycles. The number of thioether (sulfide) groups is 1. The van der Waals surface area contributed by atoms with E-state index in [2.05, 4.69) is 15.6 Å². The SMILES string of the molecule is CCN(CC)C1=NC(=O)[C@H](CC(=O)Nc2cccc(C(=O)Nc3ccc(F)c(F)c3)c2)S1. The van der Waals surface area contributed by atoms with Gasteiger partial charge in [-0.15, -0.1) is 0 Å². The van der Waals surface area contributed by atoms with Crippen molar-refractivity contribution in [1.82, 2.24) is 4.90 Å². The van der Waals surface area contributed by atoms with Crippen molar-refractivity contribution in [3.63, 3.8) is 0 Å². The van der Waals surface area contributed by atoms with Crippen LogP contribution in [0.1, 0.15) is 30.6 Å². The molecule has 2 N–H and O–H groups in total. The summed E-state index contributed by atoms with van der Waals surface area (Å²) in [6.45, 7) is 5.36. The summed E-state index contributed by atoms with van der Waals surface area (Å²) in [4.78, 5) is 43.0. The first-order valence-electron chi connectivity index (χ1n) is 10.0. The molecule has 2 aromatic carbocycles. The molecule has 0 saturated carbocycles. The summed E-state index contributed by atoms with van der Waals surface area (Å²) in [7, 11) is 0. The number of amidine groups is 1. The molecule has 10 heteroatoms. The Kier molecular flexibility index (Phi) is 7.57. The van der Waals surface area contributed by atoms with Crippen molar-refractivity contribution < 1.29 is 23.2 Å². The van der Waals surface area contributed by atoms with E-state index < -0.39 is 22.8 Å². The first kappa shape index (κ1) is 23.4. The third-order valence-electron chi connectivity index (χ3n) is 4.72. The second kappa shape index (κ2) is 10.4. The lowest BCUT2D eigenvalue weighted by Gasteiger charge is -2.19. The van der Waals surface area contributed by atoms with E-state index in [9.17, 15) is 23.2 Å². The monoisotopic (exact) mass is 460 g/mol. The fourth-order valence-corrected chi connectivity index (χ4v) is 4.23. The summed E-state index contributed by atoms with van der Waals surface area (Å²) >= 11 is 1.27. The van der Waals surface area contributed by atoms with Gasteiger partial charge >= 0.3 is 0 Å². The smallest absolute Gasteiger partial charge is 0.262 e. The van der Waals surface area contributed by atoms with Crippen molar-refractivity contribution in [2.75, 3.05) is 23.7 Å². The van der Waals surface area contributed by atoms with E-state index in [4.69, 9.17) is 0 Å². The summed E-state index contributed by atoms with van der Waals surface area (Å²) < 4.78 is 26.4. The number of aliphatic imine (C=N–C) groups is 1. The van der Waals surface area contributed by atoms with Gasteiger partial charge in [-0.25, -0.2) is 8.78 Å². The standard InChI is InChI=1S/C22H22F2N4O3S/c1-3-28(4-2)22-27-21(31)18(32-22)12-19(29)25-14-7-5-6-13(10-14)20(30)26-15-8-9-16(23)17(24)11-15/h5-11,18H,3-4,12H2,1-2H3,(H,25,29)(H,26,30)/t18-/m0/s1. The molecule has 168 valence electrons. The van der Waals surface area contributed by atoms with Crippen LogP contribution in [0.15, 0.2) is 47.5 Å². The zero-order valence-electron chi connectivity index (χ0n) is 17.5. The van der Waals surface area contributed by atoms with Crippen LogP contribution in [0.5, 0.6) is 0 Å². The van der Waals surface area contributed by atoms with E-state index in [-0.39, 0.29) is 29.5 Å². The van der Waals surface area contributed by atoms with E-state index in [1.807, 2.05) is 18.7 Å². The highest BCUT2D eigenvalue weighted by Gasteiger charge is 2.32. The first-order valence-corrected chi connectivity index (χ1v) is 10.9. The van der Waals surface area contributed by atoms with Crippen LogP contribution in [0.2, 0.25) is 0 Å². The molecule has 3 amide bonds. The number of rotatable bonds is 7. The number of benzene rings is 2. The van der Waals surface area contributed by atoms with Crippen molar-refractivity contribution in [2.45, 2.75) is 25.5 Å². The number of nitrogens with zero attached hydrogens (tertiary/aromatic N) is 2. The predicted molar refractivity (Wildman–Crippen MR) is 121 cm³/mol. The van der Waals surface area contributed by atoms with Crippen LogP contribution in [0.4, 0.5) is 20.2 Å². The zero-order valence-corrected chi connectivity index (χ0v) is 18.3. The summed E-state index contributed by atoms with van der Waals surface area (Å²) in [6.07, 6.45) is -0.0525. The molecule has 1 heterocycles. The number of carbonyl (C=O) groups is 3. The molecule has 0 fully saturated rings. The second-order valence-corrected chi connectivity index (χ2v) is 8.10. The van der Waals surface area contributed by atoms with Gasteiger partial charge in [0.05, 0.1) is 0 Å². The average Bonchev–Trinajstić information content (AvgIpc) is 3.11. The summed E-state index contributed by atoms with van der Waals surface area (Å²) in [5, 5.41) is 5.18. The lowest BCUT2D eigenvalue weighted by atomic mass is 10.1. The third-order valence-corrected chi connectivity index (χ3v) is 5.93. The molecule has 1 atom stereocenters. The van der Waals surface area contributed by atoms with Crippen molar-refractivity contribution >= 4 is 46.0 Å². The summed E-state index contributed by atoms with van der Waals surface area (Å²) in [5.74, 6) is -3.36. The molecular formula is C22H22F2N4O3S. The Morgan fingerprint density at radius 2 is 1.75 bits per heavy atom. The van der Waals surface area contributed by atoms with E-state index in [1.54, 1.807) is 12.1 Å². The lowest BCUT2D eigenvalue weighted by molar-refractivity contribution is -0.121. The highest BCUT2D eigenvalue weighted by molar-refractivity contribution is 8.15. The number of carbonyl (C=O) groups excluding carboxylic acids is 3. The predicted octanol–water partition coefficient (Wildman–Crippen LogP) is 3.89. The number of hydrogen-bond donors (Lipinski definition) is 2. The Balaban J connectivity index is 1.59. The molecule has 1 aliphatic rings. The van der Waals surface area contributed by atoms with Crippen molar-refractivity contribution in [2.24, 2.45) is 4.99 Å². The van der Waals surface area contributed by atoms with Gasteiger partial charge in [0.15, 0.2) is 16.8 Å². The Morgan fingerprint density at radius 3 is 2.44 bits per heavy atom. The molecule has 1 aliphatic heterocycles. The molecule has 32 heavy (non-hydrogen) atoms. The van der Waals surface area contributed by atoms with Gasteiger partial charge in [0.2, 0.25) is 5.91 Å². The van der Waals surface area contributed by atoms with Gasteiger partial charge in [0.25, 0.3) is 11.8 Å². The fourth-order valence-electron chi connectivity index (χ4n) is 3.03. The highest BCUT2D eigenvalue weighted by atomic mass is 32.2. The van der Waals surface area contributed by atoms with E-state index >= 15 is 0 Å². The van der Waals surface area contributed by atoms with Gasteiger partial charge in [-0.05, 0) is 44.2 Å². The third kappa shape index (κ3) is 5.70. The minimum Gasteiger partial charge on any atom is -0.352 e. The van der Waals surface area contributed by atoms with Crippen LogP contribution in [0.3, 0.4) is 0 Å². The van der Waals surface area contributed by atoms with E-state index in [1.165, 1.54) is 30.0 Å². The summed E-state index contributed by atoms with van der Waals surface area (Å²) in [5.41, 5.74) is 0.684. The first-order chi connectivity index (χ1) is 15.3. The van der Waals surface area contributed by atoms with Gasteiger partial charge < -0.3 is 15.5 Å². The largest absolute Gasteiger partial charge is 0.352 e. The fraction of sp³-hybridized carbons (Fsp3) is 0.273. The minimum absolute atomic E-state index is 0.0525. The van der Waals surface area contributed by atoms with Crippen LogP contribution in [0.25, 0.3) is 0 Å². The molecular weight excluding hydrogens is 438 g/mol. The quantitative estimate of drug-likeness (QED) is 0.654. The van der Waals surface area contributed by atoms with Crippen LogP contribution in [0, 0.1) is 11.6 Å². The van der Waals surface area contributed by atoms with Gasteiger partial charge in [0, 0.05) is 42.5 Å². The molecule has 0 spiro atoms. The maximum absolute atomic E-state index is 13.3. The molecule has 0 aliphatic carbocycles. The molecule has 0 bridgehead atoms. The molecule has 2 aromatic rings. The van der Waals surface area contributed by atoms with Gasteiger partial charge in [0.1, 0.15) is 5.25 Å². The molecule has 0 unspecified atom stereocenters. The Morgan fingerprint density at radius 1 is 1.03 bits per heavy atom. The lowest BCUT2D eigenvalue weighted by Crippen LogP contribution is -2.27. The Bertz CT molecular complexity index is 1070. The normalized spacial score (nSPS) is 15.3. The number of halogens is 2. The van der Waals surface area contributed by atoms with Crippen LogP contribution >= 0.6 is 11.8 Å². The van der Waals surface area contributed by atoms with Crippen LogP contribution in [-0.2, 0) is 9.59 Å². The topological polar surface area (TPSA) is 90.9 Å². The number of amides is 3. The number of anilines is 2. The summed E-state index contributed by atoms with van der Waals surface area (Å²) in [6, 6.07) is 9.19. The Labute approximate surface area is 188 Å². The average molecular weight is 461 g/mol. The van der Waals surface area contributed by atoms with Crippen molar-refractivity contribution in [3.05, 3.63) is 59.7 Å². The maximum atomic E-state index is 13.3. The number of hydrogen-bond acceptors (Lipinski definition) is 5. The van der Waals surface area contributed by atoms with Crippen LogP contribution < -0.4 is 10.6 Å². The van der Waals surface area contributed by atoms with Crippen molar-refractivity contribution in [1.29, 1.82) is 0 Å².